The van der Waals surface area contributed by atoms with Gasteiger partial charge in [0, 0.05) is 10.9 Å². The van der Waals surface area contributed by atoms with Crippen molar-refractivity contribution in [3.8, 4) is 17.6 Å². The summed E-state index contributed by atoms with van der Waals surface area (Å²) in [6, 6.07) is 11.8. The third-order valence-electron chi connectivity index (χ3n) is 4.90. The van der Waals surface area contributed by atoms with Crippen molar-refractivity contribution in [1.82, 2.24) is 0 Å². The van der Waals surface area contributed by atoms with Crippen molar-refractivity contribution in [3.05, 3.63) is 53.1 Å². The molecule has 0 bridgehead atoms. The highest BCUT2D eigenvalue weighted by molar-refractivity contribution is 7.92. The lowest BCUT2D eigenvalue weighted by molar-refractivity contribution is -0.141. The van der Waals surface area contributed by atoms with Crippen molar-refractivity contribution in [2.45, 2.75) is 16.1 Å². The second-order valence-electron chi connectivity index (χ2n) is 6.30. The number of carbonyl (C=O) groups is 1. The normalized spacial score (nSPS) is 25.6. The van der Waals surface area contributed by atoms with Gasteiger partial charge in [0.15, 0.2) is 26.8 Å². The Hall–Kier alpha value is -2.76. The maximum Gasteiger partial charge on any atom is 0.326 e. The zero-order chi connectivity index (χ0) is 19.4. The van der Waals surface area contributed by atoms with Crippen LogP contribution in [0, 0.1) is 16.7 Å². The lowest BCUT2D eigenvalue weighted by atomic mass is 10.0. The highest BCUT2D eigenvalue weighted by atomic mass is 35.5. The molecule has 0 saturated heterocycles. The number of carboxylic acids is 1. The second kappa shape index (κ2) is 5.87. The minimum absolute atomic E-state index is 0.0261. The fourth-order valence-electron chi connectivity index (χ4n) is 3.53. The zero-order valence-corrected chi connectivity index (χ0v) is 15.2. The molecule has 138 valence electrons. The summed E-state index contributed by atoms with van der Waals surface area (Å²) in [4.78, 5) is 11.8. The Kier molecular flexibility index (Phi) is 3.84. The Bertz CT molecular complexity index is 1090. The molecule has 0 aromatic heterocycles. The third-order valence-corrected chi connectivity index (χ3v) is 7.40. The van der Waals surface area contributed by atoms with E-state index < -0.39 is 32.4 Å². The van der Waals surface area contributed by atoms with Crippen LogP contribution in [0.2, 0.25) is 5.02 Å². The van der Waals surface area contributed by atoms with E-state index in [2.05, 4.69) is 0 Å². The molecule has 3 atom stereocenters. The number of aliphatic carboxylic acids is 1. The molecule has 0 radical (unpaired) electrons. The molecule has 9 heteroatoms. The monoisotopic (exact) mass is 405 g/mol. The summed E-state index contributed by atoms with van der Waals surface area (Å²) in [6.45, 7) is 0.0261. The van der Waals surface area contributed by atoms with E-state index in [4.69, 9.17) is 21.1 Å². The van der Waals surface area contributed by atoms with Crippen LogP contribution >= 0.6 is 11.6 Å². The van der Waals surface area contributed by atoms with E-state index in [0.717, 1.165) is 0 Å². The predicted molar refractivity (Wildman–Crippen MR) is 93.4 cm³/mol. The first-order chi connectivity index (χ1) is 12.8. The lowest BCUT2D eigenvalue weighted by Gasteiger charge is -2.05. The maximum absolute atomic E-state index is 13.1. The van der Waals surface area contributed by atoms with Gasteiger partial charge in [0.2, 0.25) is 6.79 Å². The molecule has 1 aliphatic carbocycles. The zero-order valence-electron chi connectivity index (χ0n) is 13.6. The Labute approximate surface area is 159 Å². The molecule has 2 aromatic rings. The molecular formula is C18H12ClNO6S. The van der Waals surface area contributed by atoms with Crippen molar-refractivity contribution in [1.29, 1.82) is 5.26 Å². The molecule has 1 saturated carbocycles. The van der Waals surface area contributed by atoms with Gasteiger partial charge in [-0.05, 0) is 42.0 Å². The van der Waals surface area contributed by atoms with Gasteiger partial charge in [0.25, 0.3) is 0 Å². The van der Waals surface area contributed by atoms with Crippen LogP contribution in [-0.2, 0) is 14.6 Å². The number of ether oxygens (including phenoxy) is 2. The van der Waals surface area contributed by atoms with Crippen molar-refractivity contribution in [2.75, 3.05) is 6.79 Å². The number of nitriles is 1. The van der Waals surface area contributed by atoms with Crippen LogP contribution in [0.4, 0.5) is 0 Å². The van der Waals surface area contributed by atoms with Gasteiger partial charge in [0.05, 0.1) is 11.0 Å². The Morgan fingerprint density at radius 1 is 1.19 bits per heavy atom. The molecule has 3 unspecified atom stereocenters. The molecule has 1 N–H and O–H groups in total. The highest BCUT2D eigenvalue weighted by Crippen LogP contribution is 2.64. The van der Waals surface area contributed by atoms with E-state index >= 15 is 0 Å². The summed E-state index contributed by atoms with van der Waals surface area (Å²) >= 11 is 5.80. The topological polar surface area (TPSA) is 114 Å². The van der Waals surface area contributed by atoms with Crippen LogP contribution in [0.5, 0.6) is 11.5 Å². The molecule has 2 aliphatic rings. The average molecular weight is 406 g/mol. The molecule has 1 heterocycles. The SMILES string of the molecule is N#CC1(C(=O)O)C(c2ccc3c(c2)OCO3)C1S(=O)(=O)c1ccc(Cl)cc1. The van der Waals surface area contributed by atoms with E-state index in [0.29, 0.717) is 22.1 Å². The van der Waals surface area contributed by atoms with Gasteiger partial charge in [-0.2, -0.15) is 5.26 Å². The molecule has 4 rings (SSSR count). The number of fused-ring (bicyclic) bond motifs is 1. The molecule has 7 nitrogen and oxygen atoms in total. The minimum atomic E-state index is -4.09. The Morgan fingerprint density at radius 2 is 1.85 bits per heavy atom. The molecule has 0 spiro atoms. The van der Waals surface area contributed by atoms with Crippen molar-refractivity contribution < 1.29 is 27.8 Å². The number of sulfone groups is 1. The third kappa shape index (κ3) is 2.46. The number of rotatable bonds is 4. The van der Waals surface area contributed by atoms with Gasteiger partial charge in [-0.3, -0.25) is 4.79 Å². The lowest BCUT2D eigenvalue weighted by Crippen LogP contribution is -2.22. The van der Waals surface area contributed by atoms with Crippen molar-refractivity contribution in [2.24, 2.45) is 5.41 Å². The first-order valence-electron chi connectivity index (χ1n) is 7.86. The number of halogens is 1. The molecule has 2 aromatic carbocycles. The quantitative estimate of drug-likeness (QED) is 0.831. The summed E-state index contributed by atoms with van der Waals surface area (Å²) in [7, 11) is -4.09. The number of carboxylic acid groups (broad SMARTS) is 1. The molecular weight excluding hydrogens is 394 g/mol. The second-order valence-corrected chi connectivity index (χ2v) is 8.80. The van der Waals surface area contributed by atoms with Crippen molar-refractivity contribution >= 4 is 27.4 Å². The maximum atomic E-state index is 13.1. The van der Waals surface area contributed by atoms with Gasteiger partial charge >= 0.3 is 5.97 Å². The summed E-state index contributed by atoms with van der Waals surface area (Å²) in [5, 5.41) is 18.2. The molecule has 1 fully saturated rings. The van der Waals surface area contributed by atoms with Gasteiger partial charge < -0.3 is 14.6 Å². The van der Waals surface area contributed by atoms with Crippen LogP contribution in [0.15, 0.2) is 47.4 Å². The fraction of sp³-hybridized carbons (Fsp3) is 0.222. The fourth-order valence-corrected chi connectivity index (χ4v) is 5.91. The van der Waals surface area contributed by atoms with E-state index in [1.807, 2.05) is 0 Å². The number of hydrogen-bond donors (Lipinski definition) is 1. The highest BCUT2D eigenvalue weighted by Gasteiger charge is 2.77. The Balaban J connectivity index is 1.82. The van der Waals surface area contributed by atoms with Crippen LogP contribution in [-0.4, -0.2) is 31.5 Å². The standard InChI is InChI=1S/C18H12ClNO6S/c19-11-2-4-12(5-3-11)27(23,24)16-15(18(16,8-20)17(21)22)10-1-6-13-14(7-10)26-9-25-13/h1-7,15-16H,9H2,(H,21,22). The van der Waals surface area contributed by atoms with E-state index in [1.54, 1.807) is 18.2 Å². The summed E-state index contributed by atoms with van der Waals surface area (Å²) < 4.78 is 36.7. The van der Waals surface area contributed by atoms with Gasteiger partial charge in [-0.15, -0.1) is 0 Å². The van der Waals surface area contributed by atoms with E-state index in [-0.39, 0.29) is 11.7 Å². The number of benzene rings is 2. The molecule has 0 amide bonds. The predicted octanol–water partition coefficient (Wildman–Crippen LogP) is 2.60. The van der Waals surface area contributed by atoms with Crippen LogP contribution in [0.25, 0.3) is 0 Å². The average Bonchev–Trinajstić information content (AvgIpc) is 3.15. The minimum Gasteiger partial charge on any atom is -0.480 e. The van der Waals surface area contributed by atoms with Gasteiger partial charge in [0.1, 0.15) is 5.25 Å². The first kappa shape index (κ1) is 17.6. The van der Waals surface area contributed by atoms with E-state index in [1.165, 1.54) is 30.3 Å². The summed E-state index contributed by atoms with van der Waals surface area (Å²) in [6.07, 6.45) is 0. The number of nitrogens with zero attached hydrogens (tertiary/aromatic N) is 1. The summed E-state index contributed by atoms with van der Waals surface area (Å²) in [5.41, 5.74) is -1.68. The van der Waals surface area contributed by atoms with Crippen LogP contribution in [0.1, 0.15) is 11.5 Å². The smallest absolute Gasteiger partial charge is 0.326 e. The van der Waals surface area contributed by atoms with Crippen molar-refractivity contribution in [3.63, 3.8) is 0 Å². The molecule has 1 aliphatic heterocycles. The summed E-state index contributed by atoms with van der Waals surface area (Å²) in [5.74, 6) is -1.64. The van der Waals surface area contributed by atoms with Gasteiger partial charge in [-0.1, -0.05) is 17.7 Å². The number of hydrogen-bond acceptors (Lipinski definition) is 6. The van der Waals surface area contributed by atoms with Gasteiger partial charge in [-0.25, -0.2) is 8.42 Å². The van der Waals surface area contributed by atoms with Crippen LogP contribution in [0.3, 0.4) is 0 Å². The Morgan fingerprint density at radius 3 is 2.48 bits per heavy atom. The van der Waals surface area contributed by atoms with E-state index in [9.17, 15) is 23.6 Å². The largest absolute Gasteiger partial charge is 0.480 e. The molecule has 27 heavy (non-hydrogen) atoms. The first-order valence-corrected chi connectivity index (χ1v) is 9.78. The van der Waals surface area contributed by atoms with Crippen LogP contribution < -0.4 is 9.47 Å².